The molecule has 22 heavy (non-hydrogen) atoms. The SMILES string of the molecule is C[C@H](c1ccccc1)n1cncc1C(=O)OCC1CCOC1. The van der Waals surface area contributed by atoms with Crippen LogP contribution in [-0.4, -0.2) is 35.3 Å². The molecule has 0 radical (unpaired) electrons. The van der Waals surface area contributed by atoms with Crippen molar-refractivity contribution in [3.05, 3.63) is 54.1 Å². The van der Waals surface area contributed by atoms with Crippen molar-refractivity contribution in [2.24, 2.45) is 5.92 Å². The van der Waals surface area contributed by atoms with Gasteiger partial charge in [-0.15, -0.1) is 0 Å². The number of hydrogen-bond donors (Lipinski definition) is 0. The highest BCUT2D eigenvalue weighted by Crippen LogP contribution is 2.20. The van der Waals surface area contributed by atoms with Gasteiger partial charge in [0.2, 0.25) is 0 Å². The highest BCUT2D eigenvalue weighted by atomic mass is 16.5. The summed E-state index contributed by atoms with van der Waals surface area (Å²) in [5.41, 5.74) is 1.61. The van der Waals surface area contributed by atoms with Crippen molar-refractivity contribution < 1.29 is 14.3 Å². The van der Waals surface area contributed by atoms with E-state index in [2.05, 4.69) is 4.98 Å². The smallest absolute Gasteiger partial charge is 0.356 e. The normalized spacial score (nSPS) is 19.0. The Bertz CT molecular complexity index is 618. The van der Waals surface area contributed by atoms with Gasteiger partial charge < -0.3 is 14.0 Å². The van der Waals surface area contributed by atoms with E-state index >= 15 is 0 Å². The standard InChI is InChI=1S/C17H20N2O3/c1-13(15-5-3-2-4-6-15)19-12-18-9-16(19)17(20)22-11-14-7-8-21-10-14/h2-6,9,12-14H,7-8,10-11H2,1H3/t13-,14?/m1/s1. The molecule has 1 aliphatic heterocycles. The Morgan fingerprint density at radius 3 is 3.00 bits per heavy atom. The van der Waals surface area contributed by atoms with Crippen molar-refractivity contribution in [2.45, 2.75) is 19.4 Å². The van der Waals surface area contributed by atoms with Gasteiger partial charge in [-0.05, 0) is 18.9 Å². The van der Waals surface area contributed by atoms with Crippen molar-refractivity contribution in [1.82, 2.24) is 9.55 Å². The zero-order valence-electron chi connectivity index (χ0n) is 12.6. The van der Waals surface area contributed by atoms with Gasteiger partial charge in [-0.3, -0.25) is 0 Å². The zero-order chi connectivity index (χ0) is 15.4. The Morgan fingerprint density at radius 2 is 2.27 bits per heavy atom. The van der Waals surface area contributed by atoms with Crippen LogP contribution in [0.4, 0.5) is 0 Å². The number of hydrogen-bond acceptors (Lipinski definition) is 4. The lowest BCUT2D eigenvalue weighted by Gasteiger charge is -2.17. The molecular formula is C17H20N2O3. The van der Waals surface area contributed by atoms with Crippen LogP contribution in [0.5, 0.6) is 0 Å². The number of imidazole rings is 1. The molecule has 0 bridgehead atoms. The molecule has 1 fully saturated rings. The van der Waals surface area contributed by atoms with E-state index in [0.717, 1.165) is 18.6 Å². The second-order valence-corrected chi connectivity index (χ2v) is 5.60. The van der Waals surface area contributed by atoms with Gasteiger partial charge in [-0.1, -0.05) is 30.3 Å². The van der Waals surface area contributed by atoms with Crippen LogP contribution in [-0.2, 0) is 9.47 Å². The summed E-state index contributed by atoms with van der Waals surface area (Å²) in [6, 6.07) is 10.1. The van der Waals surface area contributed by atoms with E-state index in [9.17, 15) is 4.79 Å². The van der Waals surface area contributed by atoms with E-state index in [1.165, 1.54) is 0 Å². The molecule has 2 heterocycles. The van der Waals surface area contributed by atoms with Crippen LogP contribution in [0.25, 0.3) is 0 Å². The minimum Gasteiger partial charge on any atom is -0.461 e. The summed E-state index contributed by atoms with van der Waals surface area (Å²) >= 11 is 0. The highest BCUT2D eigenvalue weighted by molar-refractivity contribution is 5.87. The molecule has 3 rings (SSSR count). The average molecular weight is 300 g/mol. The highest BCUT2D eigenvalue weighted by Gasteiger charge is 2.21. The van der Waals surface area contributed by atoms with Gasteiger partial charge in [0.1, 0.15) is 5.69 Å². The fourth-order valence-electron chi connectivity index (χ4n) is 2.65. The monoisotopic (exact) mass is 300 g/mol. The summed E-state index contributed by atoms with van der Waals surface area (Å²) in [6.07, 6.45) is 4.19. The van der Waals surface area contributed by atoms with E-state index in [0.29, 0.717) is 24.8 Å². The average Bonchev–Trinajstić information content (AvgIpc) is 3.24. The van der Waals surface area contributed by atoms with Crippen LogP contribution in [0.2, 0.25) is 0 Å². The number of benzene rings is 1. The summed E-state index contributed by atoms with van der Waals surface area (Å²) in [5.74, 6) is -0.0148. The molecule has 0 amide bonds. The number of aromatic nitrogens is 2. The lowest BCUT2D eigenvalue weighted by molar-refractivity contribution is 0.0415. The van der Waals surface area contributed by atoms with Crippen LogP contribution in [0, 0.1) is 5.92 Å². The van der Waals surface area contributed by atoms with Crippen LogP contribution >= 0.6 is 0 Å². The number of carbonyl (C=O) groups excluding carboxylic acids is 1. The lowest BCUT2D eigenvalue weighted by atomic mass is 10.1. The summed E-state index contributed by atoms with van der Waals surface area (Å²) in [6.45, 7) is 3.88. The first-order valence-electron chi connectivity index (χ1n) is 7.57. The first kappa shape index (κ1) is 14.8. The fourth-order valence-corrected chi connectivity index (χ4v) is 2.65. The molecule has 5 nitrogen and oxygen atoms in total. The molecular weight excluding hydrogens is 280 g/mol. The number of nitrogens with zero attached hydrogens (tertiary/aromatic N) is 2. The minimum absolute atomic E-state index is 0.0288. The number of rotatable bonds is 5. The van der Waals surface area contributed by atoms with Gasteiger partial charge in [-0.2, -0.15) is 0 Å². The van der Waals surface area contributed by atoms with Crippen LogP contribution < -0.4 is 0 Å². The zero-order valence-corrected chi connectivity index (χ0v) is 12.6. The van der Waals surface area contributed by atoms with Gasteiger partial charge in [0.05, 0.1) is 31.8 Å². The maximum atomic E-state index is 12.3. The minimum atomic E-state index is -0.327. The number of esters is 1. The second-order valence-electron chi connectivity index (χ2n) is 5.60. The van der Waals surface area contributed by atoms with Crippen molar-refractivity contribution in [3.8, 4) is 0 Å². The Kier molecular flexibility index (Phi) is 4.53. The van der Waals surface area contributed by atoms with Crippen LogP contribution in [0.3, 0.4) is 0 Å². The van der Waals surface area contributed by atoms with Gasteiger partial charge >= 0.3 is 5.97 Å². The van der Waals surface area contributed by atoms with Crippen LogP contribution in [0.15, 0.2) is 42.9 Å². The van der Waals surface area contributed by atoms with Crippen molar-refractivity contribution in [3.63, 3.8) is 0 Å². The molecule has 5 heteroatoms. The molecule has 0 N–H and O–H groups in total. The molecule has 1 aliphatic rings. The maximum absolute atomic E-state index is 12.3. The number of carbonyl (C=O) groups is 1. The van der Waals surface area contributed by atoms with Crippen molar-refractivity contribution in [2.75, 3.05) is 19.8 Å². The number of ether oxygens (including phenoxy) is 2. The van der Waals surface area contributed by atoms with Crippen molar-refractivity contribution >= 4 is 5.97 Å². The van der Waals surface area contributed by atoms with Crippen molar-refractivity contribution in [1.29, 1.82) is 0 Å². The first-order chi connectivity index (χ1) is 10.8. The maximum Gasteiger partial charge on any atom is 0.356 e. The van der Waals surface area contributed by atoms with Gasteiger partial charge in [0.25, 0.3) is 0 Å². The molecule has 0 spiro atoms. The van der Waals surface area contributed by atoms with Gasteiger partial charge in [-0.25, -0.2) is 9.78 Å². The summed E-state index contributed by atoms with van der Waals surface area (Å²) in [4.78, 5) is 16.4. The first-order valence-corrected chi connectivity index (χ1v) is 7.57. The third kappa shape index (κ3) is 3.20. The predicted molar refractivity (Wildman–Crippen MR) is 81.7 cm³/mol. The largest absolute Gasteiger partial charge is 0.461 e. The second kappa shape index (κ2) is 6.75. The molecule has 2 aromatic rings. The van der Waals surface area contributed by atoms with Gasteiger partial charge in [0.15, 0.2) is 0 Å². The molecule has 116 valence electrons. The summed E-state index contributed by atoms with van der Waals surface area (Å²) in [5, 5.41) is 0. The molecule has 2 atom stereocenters. The quantitative estimate of drug-likeness (QED) is 0.797. The fraction of sp³-hybridized carbons (Fsp3) is 0.412. The van der Waals surface area contributed by atoms with Crippen LogP contribution in [0.1, 0.15) is 35.4 Å². The summed E-state index contributed by atoms with van der Waals surface area (Å²) < 4.78 is 12.6. The Labute approximate surface area is 129 Å². The molecule has 0 aliphatic carbocycles. The lowest BCUT2D eigenvalue weighted by Crippen LogP contribution is -2.19. The van der Waals surface area contributed by atoms with E-state index < -0.39 is 0 Å². The van der Waals surface area contributed by atoms with E-state index in [4.69, 9.17) is 9.47 Å². The predicted octanol–water partition coefficient (Wildman–Crippen LogP) is 2.69. The molecule has 1 aromatic heterocycles. The topological polar surface area (TPSA) is 53.4 Å². The third-order valence-corrected chi connectivity index (χ3v) is 4.05. The Hall–Kier alpha value is -2.14. The Morgan fingerprint density at radius 1 is 1.45 bits per heavy atom. The van der Waals surface area contributed by atoms with E-state index in [-0.39, 0.29) is 12.0 Å². The molecule has 0 saturated carbocycles. The molecule has 1 saturated heterocycles. The van der Waals surface area contributed by atoms with E-state index in [1.807, 2.05) is 41.8 Å². The molecule has 1 aromatic carbocycles. The molecule has 1 unspecified atom stereocenters. The summed E-state index contributed by atoms with van der Waals surface area (Å²) in [7, 11) is 0. The third-order valence-electron chi connectivity index (χ3n) is 4.05. The Balaban J connectivity index is 1.69. The van der Waals surface area contributed by atoms with E-state index in [1.54, 1.807) is 12.5 Å². The van der Waals surface area contributed by atoms with Gasteiger partial charge in [0, 0.05) is 12.5 Å².